The molecule has 1 N–H and O–H groups in total. The van der Waals surface area contributed by atoms with Crippen molar-refractivity contribution in [3.05, 3.63) is 29.8 Å². The third kappa shape index (κ3) is 2.85. The van der Waals surface area contributed by atoms with Crippen LogP contribution in [0.2, 0.25) is 0 Å². The molecule has 1 unspecified atom stereocenters. The summed E-state index contributed by atoms with van der Waals surface area (Å²) in [5, 5.41) is 8.92. The molecule has 0 aromatic heterocycles. The maximum absolute atomic E-state index is 12.3. The Morgan fingerprint density at radius 3 is 2.84 bits per heavy atom. The summed E-state index contributed by atoms with van der Waals surface area (Å²) in [6.45, 7) is 0.644. The number of carbonyl (C=O) groups excluding carboxylic acids is 1. The summed E-state index contributed by atoms with van der Waals surface area (Å²) in [6.07, 6.45) is -0.965. The monoisotopic (exact) mass is 265 g/mol. The van der Waals surface area contributed by atoms with E-state index >= 15 is 0 Å². The molecular formula is C13H15NO5. The van der Waals surface area contributed by atoms with E-state index in [9.17, 15) is 9.59 Å². The number of amides is 1. The van der Waals surface area contributed by atoms with E-state index in [1.807, 2.05) is 0 Å². The molecule has 1 amide bonds. The first-order chi connectivity index (χ1) is 9.13. The zero-order valence-corrected chi connectivity index (χ0v) is 10.5. The van der Waals surface area contributed by atoms with Crippen LogP contribution >= 0.6 is 0 Å². The van der Waals surface area contributed by atoms with Crippen LogP contribution in [0.4, 0.5) is 0 Å². The predicted octanol–water partition coefficient (Wildman–Crippen LogP) is 0.621. The van der Waals surface area contributed by atoms with Crippen molar-refractivity contribution in [1.29, 1.82) is 0 Å². The van der Waals surface area contributed by atoms with Gasteiger partial charge in [-0.25, -0.2) is 4.79 Å². The molecule has 1 aliphatic heterocycles. The summed E-state index contributed by atoms with van der Waals surface area (Å²) in [5.41, 5.74) is 0.427. The van der Waals surface area contributed by atoms with Crippen molar-refractivity contribution in [3.63, 3.8) is 0 Å². The number of hydrogen-bond donors (Lipinski definition) is 1. The molecule has 1 heterocycles. The van der Waals surface area contributed by atoms with Gasteiger partial charge in [0.25, 0.3) is 5.91 Å². The van der Waals surface area contributed by atoms with E-state index in [-0.39, 0.29) is 19.1 Å². The summed E-state index contributed by atoms with van der Waals surface area (Å²) in [6, 6.07) is 6.87. The largest absolute Gasteiger partial charge is 0.496 e. The minimum Gasteiger partial charge on any atom is -0.496 e. The summed E-state index contributed by atoms with van der Waals surface area (Å²) in [5.74, 6) is -0.824. The van der Waals surface area contributed by atoms with Crippen LogP contribution in [0.5, 0.6) is 5.75 Å². The SMILES string of the molecule is COc1ccccc1C(=O)N1CCOC(C(=O)O)C1. The average Bonchev–Trinajstić information content (AvgIpc) is 2.46. The Hall–Kier alpha value is -2.08. The lowest BCUT2D eigenvalue weighted by Crippen LogP contribution is -2.48. The molecule has 0 saturated carbocycles. The van der Waals surface area contributed by atoms with E-state index in [0.29, 0.717) is 17.9 Å². The number of nitrogens with zero attached hydrogens (tertiary/aromatic N) is 1. The molecule has 1 aliphatic rings. The standard InChI is InChI=1S/C13H15NO5/c1-18-10-5-3-2-4-9(10)12(15)14-6-7-19-11(8-14)13(16)17/h2-5,11H,6-8H2,1H3,(H,16,17). The summed E-state index contributed by atoms with van der Waals surface area (Å²) in [4.78, 5) is 24.7. The molecule has 2 rings (SSSR count). The maximum atomic E-state index is 12.3. The number of carboxylic acids is 1. The number of aliphatic carboxylic acids is 1. The van der Waals surface area contributed by atoms with Gasteiger partial charge in [0.05, 0.1) is 25.8 Å². The van der Waals surface area contributed by atoms with Crippen molar-refractivity contribution in [1.82, 2.24) is 4.90 Å². The van der Waals surface area contributed by atoms with Crippen molar-refractivity contribution in [2.75, 3.05) is 26.8 Å². The zero-order chi connectivity index (χ0) is 13.8. The van der Waals surface area contributed by atoms with Crippen molar-refractivity contribution >= 4 is 11.9 Å². The van der Waals surface area contributed by atoms with E-state index in [0.717, 1.165) is 0 Å². The Labute approximate surface area is 110 Å². The molecule has 1 aromatic rings. The van der Waals surface area contributed by atoms with E-state index in [4.69, 9.17) is 14.6 Å². The molecule has 19 heavy (non-hydrogen) atoms. The first-order valence-corrected chi connectivity index (χ1v) is 5.90. The number of carbonyl (C=O) groups is 2. The highest BCUT2D eigenvalue weighted by atomic mass is 16.5. The molecule has 0 aliphatic carbocycles. The van der Waals surface area contributed by atoms with Crippen molar-refractivity contribution in [2.45, 2.75) is 6.10 Å². The Kier molecular flexibility index (Phi) is 4.01. The smallest absolute Gasteiger partial charge is 0.334 e. The van der Waals surface area contributed by atoms with E-state index < -0.39 is 12.1 Å². The molecule has 0 spiro atoms. The minimum absolute atomic E-state index is 0.0478. The van der Waals surface area contributed by atoms with Gasteiger partial charge in [0, 0.05) is 6.54 Å². The highest BCUT2D eigenvalue weighted by Crippen LogP contribution is 2.20. The number of hydrogen-bond acceptors (Lipinski definition) is 4. The van der Waals surface area contributed by atoms with Crippen LogP contribution in [0, 0.1) is 0 Å². The van der Waals surface area contributed by atoms with E-state index in [1.54, 1.807) is 24.3 Å². The maximum Gasteiger partial charge on any atom is 0.334 e. The third-order valence-corrected chi connectivity index (χ3v) is 2.97. The second-order valence-corrected chi connectivity index (χ2v) is 4.15. The quantitative estimate of drug-likeness (QED) is 0.867. The lowest BCUT2D eigenvalue weighted by molar-refractivity contribution is -0.154. The van der Waals surface area contributed by atoms with Gasteiger partial charge in [-0.1, -0.05) is 12.1 Å². The number of benzene rings is 1. The molecule has 6 heteroatoms. The first kappa shape index (κ1) is 13.4. The van der Waals surface area contributed by atoms with E-state index in [1.165, 1.54) is 12.0 Å². The fourth-order valence-corrected chi connectivity index (χ4v) is 1.97. The van der Waals surface area contributed by atoms with Crippen molar-refractivity contribution in [2.24, 2.45) is 0 Å². The highest BCUT2D eigenvalue weighted by molar-refractivity contribution is 5.97. The number of carboxylic acid groups (broad SMARTS) is 1. The second kappa shape index (κ2) is 5.71. The molecule has 1 saturated heterocycles. The van der Waals surface area contributed by atoms with Crippen molar-refractivity contribution in [3.8, 4) is 5.75 Å². The fraction of sp³-hybridized carbons (Fsp3) is 0.385. The van der Waals surface area contributed by atoms with Gasteiger partial charge < -0.3 is 19.5 Å². The van der Waals surface area contributed by atoms with Crippen LogP contribution in [-0.4, -0.2) is 54.8 Å². The highest BCUT2D eigenvalue weighted by Gasteiger charge is 2.30. The molecular weight excluding hydrogens is 250 g/mol. The van der Waals surface area contributed by atoms with Gasteiger partial charge in [-0.05, 0) is 12.1 Å². The fourth-order valence-electron chi connectivity index (χ4n) is 1.97. The minimum atomic E-state index is -1.06. The summed E-state index contributed by atoms with van der Waals surface area (Å²) in [7, 11) is 1.49. The van der Waals surface area contributed by atoms with Crippen LogP contribution in [0.25, 0.3) is 0 Å². The molecule has 102 valence electrons. The Balaban J connectivity index is 2.17. The van der Waals surface area contributed by atoms with E-state index in [2.05, 4.69) is 0 Å². The average molecular weight is 265 g/mol. The number of morpholine rings is 1. The number of rotatable bonds is 3. The Bertz CT molecular complexity index is 488. The zero-order valence-electron chi connectivity index (χ0n) is 10.5. The van der Waals surface area contributed by atoms with Gasteiger partial charge in [-0.15, -0.1) is 0 Å². The van der Waals surface area contributed by atoms with Crippen LogP contribution in [0.15, 0.2) is 24.3 Å². The molecule has 0 bridgehead atoms. The molecule has 1 atom stereocenters. The van der Waals surface area contributed by atoms with Crippen LogP contribution in [-0.2, 0) is 9.53 Å². The van der Waals surface area contributed by atoms with Crippen molar-refractivity contribution < 1.29 is 24.2 Å². The lowest BCUT2D eigenvalue weighted by Gasteiger charge is -2.31. The second-order valence-electron chi connectivity index (χ2n) is 4.15. The molecule has 1 aromatic carbocycles. The van der Waals surface area contributed by atoms with Gasteiger partial charge in [-0.2, -0.15) is 0 Å². The summed E-state index contributed by atoms with van der Waals surface area (Å²) >= 11 is 0. The topological polar surface area (TPSA) is 76.1 Å². The van der Waals surface area contributed by atoms with Crippen LogP contribution in [0.1, 0.15) is 10.4 Å². The van der Waals surface area contributed by atoms with Crippen LogP contribution in [0.3, 0.4) is 0 Å². The molecule has 6 nitrogen and oxygen atoms in total. The van der Waals surface area contributed by atoms with Gasteiger partial charge in [0.1, 0.15) is 5.75 Å². The van der Waals surface area contributed by atoms with Gasteiger partial charge in [0.15, 0.2) is 6.10 Å². The number of ether oxygens (including phenoxy) is 2. The van der Waals surface area contributed by atoms with Gasteiger partial charge in [0.2, 0.25) is 0 Å². The normalized spacial score (nSPS) is 19.0. The number of para-hydroxylation sites is 1. The van der Waals surface area contributed by atoms with Crippen LogP contribution < -0.4 is 4.74 Å². The summed E-state index contributed by atoms with van der Waals surface area (Å²) < 4.78 is 10.2. The first-order valence-electron chi connectivity index (χ1n) is 5.90. The van der Waals surface area contributed by atoms with Gasteiger partial charge >= 0.3 is 5.97 Å². The third-order valence-electron chi connectivity index (χ3n) is 2.97. The number of methoxy groups -OCH3 is 1. The predicted molar refractivity (Wildman–Crippen MR) is 66.3 cm³/mol. The van der Waals surface area contributed by atoms with Gasteiger partial charge in [-0.3, -0.25) is 4.79 Å². The molecule has 0 radical (unpaired) electrons. The lowest BCUT2D eigenvalue weighted by atomic mass is 10.1. The molecule has 1 fully saturated rings. The Morgan fingerprint density at radius 1 is 1.42 bits per heavy atom. The Morgan fingerprint density at radius 2 is 2.16 bits per heavy atom.